The van der Waals surface area contributed by atoms with E-state index < -0.39 is 151 Å². The van der Waals surface area contributed by atoms with Gasteiger partial charge >= 0.3 is 6.09 Å². The Morgan fingerprint density at radius 2 is 1.08 bits per heavy atom. The second-order valence-corrected chi connectivity index (χ2v) is 18.8. The summed E-state index contributed by atoms with van der Waals surface area (Å²) in [7, 11) is 0. The van der Waals surface area contributed by atoms with E-state index >= 15 is 0 Å². The number of nitrogens with one attached hydrogen (secondary N) is 11. The van der Waals surface area contributed by atoms with Gasteiger partial charge in [0.25, 0.3) is 0 Å². The number of aliphatic hydroxyl groups is 2. The van der Waals surface area contributed by atoms with Crippen molar-refractivity contribution in [2.45, 2.75) is 152 Å². The van der Waals surface area contributed by atoms with Crippen molar-refractivity contribution in [2.75, 3.05) is 32.7 Å². The molecular weight excluding hydrogens is 999 g/mol. The van der Waals surface area contributed by atoms with E-state index in [1.54, 1.807) is 44.2 Å². The van der Waals surface area contributed by atoms with Crippen molar-refractivity contribution in [1.82, 2.24) is 58.5 Å². The van der Waals surface area contributed by atoms with Gasteiger partial charge in [0.15, 0.2) is 0 Å². The molecule has 76 heavy (non-hydrogen) atoms. The molecule has 2 rings (SSSR count). The fourth-order valence-electron chi connectivity index (χ4n) is 7.71. The largest absolute Gasteiger partial charge is 0.465 e. The number of carbonyl (C=O) groups is 11. The first kappa shape index (κ1) is 65.1. The molecule has 0 radical (unpaired) electrons. The molecule has 11 amide bonds. The average molecular weight is 1080 g/mol. The van der Waals surface area contributed by atoms with Crippen LogP contribution in [0.25, 0.3) is 0 Å². The summed E-state index contributed by atoms with van der Waals surface area (Å²) in [5.74, 6) is -9.85. The molecule has 1 aliphatic rings. The number of benzene rings is 1. The van der Waals surface area contributed by atoms with Gasteiger partial charge in [-0.2, -0.15) is 0 Å². The van der Waals surface area contributed by atoms with Crippen LogP contribution in [0.4, 0.5) is 4.79 Å². The lowest BCUT2D eigenvalue weighted by Crippen LogP contribution is -2.62. The van der Waals surface area contributed by atoms with Crippen molar-refractivity contribution < 1.29 is 68.1 Å². The molecule has 1 fully saturated rings. The first-order valence-electron chi connectivity index (χ1n) is 25.1. The predicted molar refractivity (Wildman–Crippen MR) is 273 cm³/mol. The van der Waals surface area contributed by atoms with E-state index in [0.717, 1.165) is 6.92 Å². The molecule has 0 aromatic heterocycles. The van der Waals surface area contributed by atoms with Gasteiger partial charge in [-0.3, -0.25) is 47.9 Å². The number of rotatable bonds is 21. The predicted octanol–water partition coefficient (Wildman–Crippen LogP) is -7.03. The maximum Gasteiger partial charge on any atom is 0.405 e. The number of aliphatic hydroxyl groups excluding tert-OH is 2. The molecule has 0 spiro atoms. The SMILES string of the molecule is CC(C)C[C@@H]1NC(=O)[C@@H](Cc2ccccc2)NC(=O)[C@H](CCN)NC(=O)[C@@H](NC(=O)[C@H](CCN)NC(=O)[C@@H](NC(=O)[C@H](C)NC(=O)O)[C@@H](C)O)CCNC(=O)[C@H]([C@@H](C)O)NC(=O)[C@H](CCN)NC(=O)[C@H](CCN)NC1=O. The molecule has 0 unspecified atom stereocenters. The Bertz CT molecular complexity index is 2140. The standard InChI is InChI=1S/C47H79N15O14/c1-23(2)21-33-43(71)56-28(11-16-48)38(66)55-31(14-19-51)42(70)62-35(25(4)63)45(73)52-20-15-32(41(69)54-29(12-17-49)40(68)60-34(44(72)59-33)22-27-9-7-6-8-10-27)57-39(67)30(13-18-50)58-46(74)36(26(5)64)61-37(65)24(3)53-47(75)76/h6-10,23-26,28-36,53,63-64H,11-22,48-51H2,1-5H3,(H,52,73)(H,54,69)(H,55,66)(H,56,71)(H,57,67)(H,58,74)(H,59,72)(H,60,68)(H,61,65)(H,62,70)(H,75,76)/t24-,25+,26+,28-,29-,30-,31-,32-,33-,34+,35-,36-/m0/s1. The Labute approximate surface area is 440 Å². The van der Waals surface area contributed by atoms with Crippen LogP contribution in [0, 0.1) is 5.92 Å². The van der Waals surface area contributed by atoms with E-state index in [2.05, 4.69) is 53.2 Å². The highest BCUT2D eigenvalue weighted by Gasteiger charge is 2.37. The van der Waals surface area contributed by atoms with Gasteiger partial charge in [0.2, 0.25) is 59.1 Å². The van der Waals surface area contributed by atoms with E-state index in [4.69, 9.17) is 28.0 Å². The first-order valence-corrected chi connectivity index (χ1v) is 25.1. The number of hydrogen-bond acceptors (Lipinski definition) is 17. The van der Waals surface area contributed by atoms with Crippen LogP contribution in [-0.2, 0) is 54.4 Å². The van der Waals surface area contributed by atoms with E-state index in [1.165, 1.54) is 13.8 Å². The molecular formula is C47H79N15O14. The maximum atomic E-state index is 14.4. The van der Waals surface area contributed by atoms with E-state index in [0.29, 0.717) is 5.56 Å². The van der Waals surface area contributed by atoms with Gasteiger partial charge in [0.1, 0.15) is 60.4 Å². The Hall–Kier alpha value is -7.05. The topological polar surface area (TPSA) is 485 Å². The van der Waals surface area contributed by atoms with Gasteiger partial charge in [-0.15, -0.1) is 0 Å². The molecule has 1 aromatic carbocycles. The van der Waals surface area contributed by atoms with Crippen LogP contribution in [-0.4, -0.2) is 186 Å². The molecule has 29 heteroatoms. The van der Waals surface area contributed by atoms with Crippen LogP contribution in [0.3, 0.4) is 0 Å². The summed E-state index contributed by atoms with van der Waals surface area (Å²) in [5, 5.41) is 56.9. The van der Waals surface area contributed by atoms with Gasteiger partial charge in [-0.05, 0) is 97.0 Å². The normalized spacial score (nSPS) is 23.7. The minimum absolute atomic E-state index is 0.0413. The summed E-state index contributed by atoms with van der Waals surface area (Å²) in [6, 6.07) is -6.55. The fourth-order valence-corrected chi connectivity index (χ4v) is 7.71. The highest BCUT2D eigenvalue weighted by molar-refractivity contribution is 5.99. The zero-order valence-electron chi connectivity index (χ0n) is 43.5. The Morgan fingerprint density at radius 3 is 1.57 bits per heavy atom. The summed E-state index contributed by atoms with van der Waals surface area (Å²) in [4.78, 5) is 150. The van der Waals surface area contributed by atoms with Gasteiger partial charge < -0.3 is 96.7 Å². The maximum absolute atomic E-state index is 14.4. The van der Waals surface area contributed by atoms with Crippen LogP contribution in [0.2, 0.25) is 0 Å². The molecule has 1 saturated heterocycles. The summed E-state index contributed by atoms with van der Waals surface area (Å²) >= 11 is 0. The second kappa shape index (κ2) is 33.1. The Kier molecular flexibility index (Phi) is 28.3. The van der Waals surface area contributed by atoms with Gasteiger partial charge in [-0.25, -0.2) is 4.79 Å². The lowest BCUT2D eigenvalue weighted by Gasteiger charge is -2.28. The molecule has 0 aliphatic carbocycles. The summed E-state index contributed by atoms with van der Waals surface area (Å²) < 4.78 is 0. The average Bonchev–Trinajstić information content (AvgIpc) is 3.34. The lowest BCUT2D eigenvalue weighted by atomic mass is 10.00. The van der Waals surface area contributed by atoms with E-state index in [1.807, 2.05) is 5.32 Å². The quantitative estimate of drug-likeness (QED) is 0.0544. The molecule has 12 atom stereocenters. The zero-order chi connectivity index (χ0) is 57.2. The molecule has 29 nitrogen and oxygen atoms in total. The van der Waals surface area contributed by atoms with Crippen molar-refractivity contribution in [3.05, 3.63) is 35.9 Å². The Balaban J connectivity index is 2.74. The first-order chi connectivity index (χ1) is 35.9. The number of nitrogens with two attached hydrogens (primary N) is 4. The number of amides is 11. The van der Waals surface area contributed by atoms with E-state index in [-0.39, 0.29) is 70.6 Å². The van der Waals surface area contributed by atoms with Crippen LogP contribution >= 0.6 is 0 Å². The van der Waals surface area contributed by atoms with Crippen LogP contribution in [0.15, 0.2) is 30.3 Å². The Morgan fingerprint density at radius 1 is 0.592 bits per heavy atom. The molecule has 1 aliphatic heterocycles. The highest BCUT2D eigenvalue weighted by atomic mass is 16.4. The molecule has 1 heterocycles. The van der Waals surface area contributed by atoms with Crippen molar-refractivity contribution in [3.63, 3.8) is 0 Å². The van der Waals surface area contributed by atoms with Crippen LogP contribution < -0.4 is 81.4 Å². The molecule has 0 saturated carbocycles. The number of carboxylic acid groups (broad SMARTS) is 1. The minimum atomic E-state index is -1.74. The van der Waals surface area contributed by atoms with Gasteiger partial charge in [0, 0.05) is 13.0 Å². The van der Waals surface area contributed by atoms with Crippen molar-refractivity contribution in [3.8, 4) is 0 Å². The molecule has 0 bridgehead atoms. The van der Waals surface area contributed by atoms with Gasteiger partial charge in [0.05, 0.1) is 12.2 Å². The van der Waals surface area contributed by atoms with Crippen molar-refractivity contribution in [2.24, 2.45) is 28.9 Å². The third kappa shape index (κ3) is 22.0. The van der Waals surface area contributed by atoms with Crippen molar-refractivity contribution >= 4 is 65.2 Å². The number of hydrogen-bond donors (Lipinski definition) is 18. The fraction of sp³-hybridized carbons (Fsp3) is 0.638. The summed E-state index contributed by atoms with van der Waals surface area (Å²) in [5.41, 5.74) is 23.9. The lowest BCUT2D eigenvalue weighted by molar-refractivity contribution is -0.136. The summed E-state index contributed by atoms with van der Waals surface area (Å²) in [6.45, 7) is 5.87. The van der Waals surface area contributed by atoms with Crippen LogP contribution in [0.5, 0.6) is 0 Å². The van der Waals surface area contributed by atoms with Crippen LogP contribution in [0.1, 0.15) is 78.7 Å². The number of carbonyl (C=O) groups excluding carboxylic acids is 10. The van der Waals surface area contributed by atoms with Crippen molar-refractivity contribution in [1.29, 1.82) is 0 Å². The summed E-state index contributed by atoms with van der Waals surface area (Å²) in [6.07, 6.45) is -6.11. The molecule has 1 aromatic rings. The smallest absolute Gasteiger partial charge is 0.405 e. The third-order valence-corrected chi connectivity index (χ3v) is 11.8. The van der Waals surface area contributed by atoms with Gasteiger partial charge in [-0.1, -0.05) is 44.2 Å². The monoisotopic (exact) mass is 1080 g/mol. The third-order valence-electron chi connectivity index (χ3n) is 11.8. The second-order valence-electron chi connectivity index (χ2n) is 18.8. The zero-order valence-corrected chi connectivity index (χ0v) is 43.5. The highest BCUT2D eigenvalue weighted by Crippen LogP contribution is 2.11. The molecule has 426 valence electrons. The minimum Gasteiger partial charge on any atom is -0.465 e. The van der Waals surface area contributed by atoms with E-state index in [9.17, 15) is 63.0 Å². The molecule has 22 N–H and O–H groups in total.